The first-order valence-corrected chi connectivity index (χ1v) is 7.59. The van der Waals surface area contributed by atoms with Crippen molar-refractivity contribution >= 4 is 0 Å². The van der Waals surface area contributed by atoms with Crippen molar-refractivity contribution in [1.82, 2.24) is 19.8 Å². The lowest BCUT2D eigenvalue weighted by Gasteiger charge is -2.45. The van der Waals surface area contributed by atoms with Gasteiger partial charge >= 0.3 is 0 Å². The lowest BCUT2D eigenvalue weighted by atomic mass is 9.96. The Morgan fingerprint density at radius 2 is 2.16 bits per heavy atom. The van der Waals surface area contributed by atoms with E-state index in [0.29, 0.717) is 0 Å². The molecule has 1 saturated carbocycles. The molecule has 0 radical (unpaired) electrons. The first-order valence-electron chi connectivity index (χ1n) is 7.59. The van der Waals surface area contributed by atoms with Crippen molar-refractivity contribution < 1.29 is 0 Å². The van der Waals surface area contributed by atoms with E-state index in [2.05, 4.69) is 39.8 Å². The van der Waals surface area contributed by atoms with Gasteiger partial charge in [-0.15, -0.1) is 0 Å². The summed E-state index contributed by atoms with van der Waals surface area (Å²) in [5, 5.41) is 3.71. The molecule has 1 aliphatic heterocycles. The maximum absolute atomic E-state index is 4.10. The lowest BCUT2D eigenvalue weighted by molar-refractivity contribution is 0.0805. The molecule has 0 spiro atoms. The molecule has 2 fully saturated rings. The number of rotatable bonds is 5. The highest BCUT2D eigenvalue weighted by atomic mass is 15.3. The van der Waals surface area contributed by atoms with E-state index in [4.69, 9.17) is 0 Å². The zero-order valence-corrected chi connectivity index (χ0v) is 12.2. The standard InChI is InChI=1S/C15H26N4/c1-15(2)11-19(14(10-17-15)13-4-5-13)8-3-7-18-9-6-16-12-18/h6,9,12-14,17H,3-5,7-8,10-11H2,1-2H3. The van der Waals surface area contributed by atoms with Crippen molar-refractivity contribution in [3.63, 3.8) is 0 Å². The number of aryl methyl sites for hydroxylation is 1. The highest BCUT2D eigenvalue weighted by Gasteiger charge is 2.40. The quantitative estimate of drug-likeness (QED) is 0.877. The third kappa shape index (κ3) is 3.37. The summed E-state index contributed by atoms with van der Waals surface area (Å²) < 4.78 is 2.18. The smallest absolute Gasteiger partial charge is 0.0945 e. The van der Waals surface area contributed by atoms with E-state index in [1.54, 1.807) is 0 Å². The summed E-state index contributed by atoms with van der Waals surface area (Å²) in [6.07, 6.45) is 9.92. The van der Waals surface area contributed by atoms with Gasteiger partial charge < -0.3 is 9.88 Å². The Balaban J connectivity index is 1.53. The summed E-state index contributed by atoms with van der Waals surface area (Å²) in [6, 6.07) is 0.774. The van der Waals surface area contributed by atoms with E-state index >= 15 is 0 Å². The van der Waals surface area contributed by atoms with Crippen molar-refractivity contribution in [2.75, 3.05) is 19.6 Å². The Hall–Kier alpha value is -0.870. The predicted octanol–water partition coefficient (Wildman–Crippen LogP) is 1.74. The zero-order valence-electron chi connectivity index (χ0n) is 12.2. The minimum absolute atomic E-state index is 0.264. The Bertz CT molecular complexity index is 394. The molecule has 2 heterocycles. The van der Waals surface area contributed by atoms with Crippen LogP contribution in [0.5, 0.6) is 0 Å². The average molecular weight is 262 g/mol. The second-order valence-electron chi connectivity index (χ2n) is 6.79. The van der Waals surface area contributed by atoms with Gasteiger partial charge in [-0.3, -0.25) is 4.90 Å². The molecule has 0 bridgehead atoms. The van der Waals surface area contributed by atoms with Gasteiger partial charge in [0.2, 0.25) is 0 Å². The molecule has 0 amide bonds. The van der Waals surface area contributed by atoms with Crippen LogP contribution in [0.3, 0.4) is 0 Å². The topological polar surface area (TPSA) is 33.1 Å². The van der Waals surface area contributed by atoms with Gasteiger partial charge in [-0.25, -0.2) is 4.98 Å². The highest BCUT2D eigenvalue weighted by molar-refractivity contribution is 4.98. The molecule has 1 N–H and O–H groups in total. The zero-order chi connectivity index (χ0) is 13.3. The van der Waals surface area contributed by atoms with Crippen LogP contribution >= 0.6 is 0 Å². The summed E-state index contributed by atoms with van der Waals surface area (Å²) in [4.78, 5) is 6.83. The van der Waals surface area contributed by atoms with Gasteiger partial charge in [0.25, 0.3) is 0 Å². The van der Waals surface area contributed by atoms with E-state index < -0.39 is 0 Å². The van der Waals surface area contributed by atoms with Crippen LogP contribution in [-0.4, -0.2) is 45.7 Å². The fraction of sp³-hybridized carbons (Fsp3) is 0.800. The second kappa shape index (κ2) is 5.25. The van der Waals surface area contributed by atoms with Crippen molar-refractivity contribution in [2.45, 2.75) is 51.2 Å². The summed E-state index contributed by atoms with van der Waals surface area (Å²) >= 11 is 0. The number of nitrogens with zero attached hydrogens (tertiary/aromatic N) is 3. The van der Waals surface area contributed by atoms with Crippen LogP contribution in [0.2, 0.25) is 0 Å². The molecule has 0 aromatic carbocycles. The first-order chi connectivity index (χ1) is 9.14. The fourth-order valence-electron chi connectivity index (χ4n) is 3.26. The molecule has 106 valence electrons. The fourth-order valence-corrected chi connectivity index (χ4v) is 3.26. The molecule has 1 aromatic rings. The predicted molar refractivity (Wildman–Crippen MR) is 77.0 cm³/mol. The van der Waals surface area contributed by atoms with Crippen molar-refractivity contribution in [1.29, 1.82) is 0 Å². The first kappa shape index (κ1) is 13.1. The van der Waals surface area contributed by atoms with Crippen molar-refractivity contribution in [3.05, 3.63) is 18.7 Å². The molecule has 1 saturated heterocycles. The number of imidazole rings is 1. The van der Waals surface area contributed by atoms with Gasteiger partial charge in [0, 0.05) is 50.2 Å². The number of hydrogen-bond donors (Lipinski definition) is 1. The molecule has 2 aliphatic rings. The lowest BCUT2D eigenvalue weighted by Crippen LogP contribution is -2.62. The molecule has 1 aromatic heterocycles. The number of hydrogen-bond acceptors (Lipinski definition) is 3. The molecule has 1 atom stereocenters. The Morgan fingerprint density at radius 3 is 2.84 bits per heavy atom. The van der Waals surface area contributed by atoms with Crippen LogP contribution in [0, 0.1) is 5.92 Å². The molecule has 1 unspecified atom stereocenters. The SMILES string of the molecule is CC1(C)CN(CCCn2ccnc2)C(C2CC2)CN1. The van der Waals surface area contributed by atoms with E-state index in [9.17, 15) is 0 Å². The van der Waals surface area contributed by atoms with E-state index in [0.717, 1.165) is 18.5 Å². The minimum atomic E-state index is 0.264. The van der Waals surface area contributed by atoms with E-state index in [1.165, 1.54) is 38.9 Å². The largest absolute Gasteiger partial charge is 0.337 e. The Kier molecular flexibility index (Phi) is 3.63. The molecule has 1 aliphatic carbocycles. The van der Waals surface area contributed by atoms with Gasteiger partial charge in [0.15, 0.2) is 0 Å². The van der Waals surface area contributed by atoms with E-state index in [-0.39, 0.29) is 5.54 Å². The van der Waals surface area contributed by atoms with Gasteiger partial charge in [-0.2, -0.15) is 0 Å². The Morgan fingerprint density at radius 1 is 1.32 bits per heavy atom. The normalized spacial score (nSPS) is 27.6. The number of piperazine rings is 1. The van der Waals surface area contributed by atoms with Gasteiger partial charge in [0.1, 0.15) is 0 Å². The van der Waals surface area contributed by atoms with Gasteiger partial charge in [-0.1, -0.05) is 0 Å². The number of aromatic nitrogens is 2. The van der Waals surface area contributed by atoms with Crippen LogP contribution in [0.15, 0.2) is 18.7 Å². The van der Waals surface area contributed by atoms with Crippen LogP contribution in [0.25, 0.3) is 0 Å². The maximum Gasteiger partial charge on any atom is 0.0945 e. The average Bonchev–Trinajstić information content (AvgIpc) is 3.05. The molecule has 4 heteroatoms. The van der Waals surface area contributed by atoms with Crippen LogP contribution < -0.4 is 5.32 Å². The summed E-state index contributed by atoms with van der Waals surface area (Å²) in [5.41, 5.74) is 0.264. The van der Waals surface area contributed by atoms with Crippen LogP contribution in [-0.2, 0) is 6.54 Å². The van der Waals surface area contributed by atoms with Crippen molar-refractivity contribution in [3.8, 4) is 0 Å². The van der Waals surface area contributed by atoms with Gasteiger partial charge in [0.05, 0.1) is 6.33 Å². The van der Waals surface area contributed by atoms with Crippen LogP contribution in [0.1, 0.15) is 33.1 Å². The maximum atomic E-state index is 4.10. The molecule has 4 nitrogen and oxygen atoms in total. The van der Waals surface area contributed by atoms with Crippen molar-refractivity contribution in [2.24, 2.45) is 5.92 Å². The summed E-state index contributed by atoms with van der Waals surface area (Å²) in [6.45, 7) is 9.28. The summed E-state index contributed by atoms with van der Waals surface area (Å²) in [5.74, 6) is 0.955. The summed E-state index contributed by atoms with van der Waals surface area (Å²) in [7, 11) is 0. The third-order valence-corrected chi connectivity index (χ3v) is 4.44. The number of nitrogens with one attached hydrogen (secondary N) is 1. The molecular weight excluding hydrogens is 236 g/mol. The van der Waals surface area contributed by atoms with Gasteiger partial charge in [-0.05, 0) is 39.0 Å². The minimum Gasteiger partial charge on any atom is -0.337 e. The Labute approximate surface area is 116 Å². The molecule has 3 rings (SSSR count). The highest BCUT2D eigenvalue weighted by Crippen LogP contribution is 2.37. The third-order valence-electron chi connectivity index (χ3n) is 4.44. The van der Waals surface area contributed by atoms with Crippen LogP contribution in [0.4, 0.5) is 0 Å². The monoisotopic (exact) mass is 262 g/mol. The second-order valence-corrected chi connectivity index (χ2v) is 6.79. The molecular formula is C15H26N4. The van der Waals surface area contributed by atoms with E-state index in [1.807, 2.05) is 12.5 Å². The molecule has 19 heavy (non-hydrogen) atoms.